The minimum absolute atomic E-state index is 0.161. The number of β-amino-alcohol motifs (C(OH)–C–C–N with tert-alkyl or cyclic N) is 1. The van der Waals surface area contributed by atoms with Crippen LogP contribution in [-0.2, 0) is 6.54 Å². The van der Waals surface area contributed by atoms with Crippen molar-refractivity contribution in [1.82, 2.24) is 14.5 Å². The third kappa shape index (κ3) is 2.08. The first kappa shape index (κ1) is 13.4. The first-order chi connectivity index (χ1) is 10.6. The number of rotatable bonds is 4. The highest BCUT2D eigenvalue weighted by molar-refractivity contribution is 6.27. The molecule has 1 saturated heterocycles. The van der Waals surface area contributed by atoms with E-state index < -0.39 is 6.10 Å². The van der Waals surface area contributed by atoms with Crippen molar-refractivity contribution in [2.45, 2.75) is 12.6 Å². The molecule has 3 heterocycles. The van der Waals surface area contributed by atoms with E-state index in [2.05, 4.69) is 9.88 Å². The molecule has 0 saturated carbocycles. The Morgan fingerprint density at radius 2 is 1.91 bits per heavy atom. The van der Waals surface area contributed by atoms with E-state index in [1.54, 1.807) is 22.9 Å². The Hall–Kier alpha value is -2.31. The van der Waals surface area contributed by atoms with Gasteiger partial charge in [0.05, 0.1) is 17.2 Å². The molecule has 4 rings (SSSR count). The van der Waals surface area contributed by atoms with E-state index in [0.29, 0.717) is 35.5 Å². The van der Waals surface area contributed by atoms with E-state index >= 15 is 0 Å². The van der Waals surface area contributed by atoms with Gasteiger partial charge in [-0.15, -0.1) is 0 Å². The molecule has 1 fully saturated rings. The number of nitrogens with zero attached hydrogens (tertiary/aromatic N) is 3. The lowest BCUT2D eigenvalue weighted by Crippen LogP contribution is -2.28. The van der Waals surface area contributed by atoms with Gasteiger partial charge in [-0.2, -0.15) is 0 Å². The molecule has 1 atom stereocenters. The number of carbonyl (C=O) groups is 2. The van der Waals surface area contributed by atoms with Crippen LogP contribution >= 0.6 is 0 Å². The van der Waals surface area contributed by atoms with Gasteiger partial charge in [0, 0.05) is 50.3 Å². The standard InChI is InChI=1S/C16H15N3O3/c20-10(8-18-5-6-18)9-19-4-2-12-14(19)16(22)13-7-17-3-1-11(13)15(12)21/h1-4,7,10,20H,5-6,8-9H2. The lowest BCUT2D eigenvalue weighted by molar-refractivity contribution is 0.0964. The molecule has 1 N–H and O–H groups in total. The number of fused-ring (bicyclic) bond motifs is 2. The van der Waals surface area contributed by atoms with Gasteiger partial charge in [-0.05, 0) is 12.1 Å². The largest absolute Gasteiger partial charge is 0.390 e. The number of hydrogen-bond donors (Lipinski definition) is 1. The van der Waals surface area contributed by atoms with Crippen LogP contribution in [0.4, 0.5) is 0 Å². The van der Waals surface area contributed by atoms with Crippen molar-refractivity contribution >= 4 is 11.6 Å². The van der Waals surface area contributed by atoms with Gasteiger partial charge in [0.15, 0.2) is 5.78 Å². The van der Waals surface area contributed by atoms with Gasteiger partial charge in [-0.1, -0.05) is 0 Å². The monoisotopic (exact) mass is 297 g/mol. The van der Waals surface area contributed by atoms with Crippen molar-refractivity contribution in [1.29, 1.82) is 0 Å². The van der Waals surface area contributed by atoms with Crippen LogP contribution in [-0.4, -0.2) is 56.9 Å². The van der Waals surface area contributed by atoms with Crippen molar-refractivity contribution in [3.05, 3.63) is 53.1 Å². The van der Waals surface area contributed by atoms with Gasteiger partial charge < -0.3 is 9.67 Å². The van der Waals surface area contributed by atoms with Crippen LogP contribution in [0.3, 0.4) is 0 Å². The van der Waals surface area contributed by atoms with Crippen LogP contribution in [0.15, 0.2) is 30.7 Å². The lowest BCUT2D eigenvalue weighted by atomic mass is 9.89. The maximum Gasteiger partial charge on any atom is 0.212 e. The number of pyridine rings is 1. The zero-order valence-electron chi connectivity index (χ0n) is 11.9. The molecule has 1 aliphatic heterocycles. The first-order valence-electron chi connectivity index (χ1n) is 7.28. The van der Waals surface area contributed by atoms with Gasteiger partial charge in [-0.25, -0.2) is 0 Å². The fourth-order valence-corrected chi connectivity index (χ4v) is 2.94. The zero-order valence-corrected chi connectivity index (χ0v) is 11.9. The Bertz CT molecular complexity index is 777. The number of hydrogen-bond acceptors (Lipinski definition) is 5. The summed E-state index contributed by atoms with van der Waals surface area (Å²) >= 11 is 0. The van der Waals surface area contributed by atoms with E-state index in [1.807, 2.05) is 0 Å². The van der Waals surface area contributed by atoms with Gasteiger partial charge in [-0.3, -0.25) is 19.5 Å². The summed E-state index contributed by atoms with van der Waals surface area (Å²) in [6, 6.07) is 3.23. The molecule has 2 aromatic heterocycles. The molecule has 1 aliphatic carbocycles. The SMILES string of the molecule is O=C1c2ccncc2C(=O)c2c1ccn2CC(O)CN1CC1. The minimum atomic E-state index is -0.558. The fraction of sp³-hybridized carbons (Fsp3) is 0.312. The molecule has 2 aromatic rings. The van der Waals surface area contributed by atoms with Gasteiger partial charge in [0.25, 0.3) is 0 Å². The highest BCUT2D eigenvalue weighted by Gasteiger charge is 2.33. The predicted octanol–water partition coefficient (Wildman–Crippen LogP) is 0.335. The molecule has 6 heteroatoms. The fourth-order valence-electron chi connectivity index (χ4n) is 2.94. The Morgan fingerprint density at radius 3 is 2.68 bits per heavy atom. The van der Waals surface area contributed by atoms with Gasteiger partial charge in [0.2, 0.25) is 5.78 Å². The molecule has 0 aromatic carbocycles. The Kier molecular flexibility index (Phi) is 2.95. The average Bonchev–Trinajstić information content (AvgIpc) is 3.22. The molecule has 0 spiro atoms. The Balaban J connectivity index is 1.69. The second-order valence-electron chi connectivity index (χ2n) is 5.76. The van der Waals surface area contributed by atoms with E-state index in [0.717, 1.165) is 13.1 Å². The zero-order chi connectivity index (χ0) is 15.3. The van der Waals surface area contributed by atoms with E-state index in [9.17, 15) is 14.7 Å². The normalized spacial score (nSPS) is 18.0. The summed E-state index contributed by atoms with van der Waals surface area (Å²) in [6.45, 7) is 2.92. The Labute approximate surface area is 127 Å². The summed E-state index contributed by atoms with van der Waals surface area (Å²) in [6.07, 6.45) is 4.09. The van der Waals surface area contributed by atoms with Crippen molar-refractivity contribution in [2.24, 2.45) is 0 Å². The van der Waals surface area contributed by atoms with Gasteiger partial charge in [0.1, 0.15) is 5.69 Å². The summed E-state index contributed by atoms with van der Waals surface area (Å²) in [5.74, 6) is -0.368. The van der Waals surface area contributed by atoms with Crippen molar-refractivity contribution in [2.75, 3.05) is 19.6 Å². The maximum atomic E-state index is 12.6. The van der Waals surface area contributed by atoms with Crippen LogP contribution in [0.1, 0.15) is 32.0 Å². The van der Waals surface area contributed by atoms with Crippen LogP contribution in [0, 0.1) is 0 Å². The smallest absolute Gasteiger partial charge is 0.212 e. The number of aliphatic hydroxyl groups is 1. The molecule has 0 radical (unpaired) electrons. The van der Waals surface area contributed by atoms with Crippen LogP contribution < -0.4 is 0 Å². The molecule has 112 valence electrons. The first-order valence-corrected chi connectivity index (χ1v) is 7.28. The summed E-state index contributed by atoms with van der Waals surface area (Å²) in [7, 11) is 0. The molecule has 1 unspecified atom stereocenters. The van der Waals surface area contributed by atoms with E-state index in [4.69, 9.17) is 0 Å². The van der Waals surface area contributed by atoms with Crippen LogP contribution in [0.2, 0.25) is 0 Å². The third-order valence-electron chi connectivity index (χ3n) is 4.15. The molecule has 0 bridgehead atoms. The lowest BCUT2D eigenvalue weighted by Gasteiger charge is -2.18. The third-order valence-corrected chi connectivity index (χ3v) is 4.15. The predicted molar refractivity (Wildman–Crippen MR) is 78.0 cm³/mol. The molecule has 2 aliphatic rings. The summed E-state index contributed by atoms with van der Waals surface area (Å²) in [5.41, 5.74) is 1.49. The topological polar surface area (TPSA) is 75.2 Å². The van der Waals surface area contributed by atoms with Crippen molar-refractivity contribution in [3.63, 3.8) is 0 Å². The highest BCUT2D eigenvalue weighted by Crippen LogP contribution is 2.27. The second kappa shape index (κ2) is 4.86. The van der Waals surface area contributed by atoms with Crippen LogP contribution in [0.5, 0.6) is 0 Å². The van der Waals surface area contributed by atoms with E-state index in [1.165, 1.54) is 12.4 Å². The van der Waals surface area contributed by atoms with Crippen molar-refractivity contribution < 1.29 is 14.7 Å². The number of aliphatic hydroxyl groups excluding tert-OH is 1. The molecule has 6 nitrogen and oxygen atoms in total. The Morgan fingerprint density at radius 1 is 1.09 bits per heavy atom. The van der Waals surface area contributed by atoms with Crippen molar-refractivity contribution in [3.8, 4) is 0 Å². The minimum Gasteiger partial charge on any atom is -0.390 e. The summed E-state index contributed by atoms with van der Waals surface area (Å²) in [4.78, 5) is 31.2. The molecule has 0 amide bonds. The maximum absolute atomic E-state index is 12.6. The number of aromatic nitrogens is 2. The van der Waals surface area contributed by atoms with Crippen LogP contribution in [0.25, 0.3) is 0 Å². The number of ketones is 2. The highest BCUT2D eigenvalue weighted by atomic mass is 16.3. The van der Waals surface area contributed by atoms with Gasteiger partial charge >= 0.3 is 0 Å². The summed E-state index contributed by atoms with van der Waals surface area (Å²) < 4.78 is 1.68. The van der Waals surface area contributed by atoms with E-state index in [-0.39, 0.29) is 11.6 Å². The summed E-state index contributed by atoms with van der Waals surface area (Å²) in [5, 5.41) is 10.1. The quantitative estimate of drug-likeness (QED) is 0.703. The molecule has 22 heavy (non-hydrogen) atoms. The average molecular weight is 297 g/mol. The number of carbonyl (C=O) groups excluding carboxylic acids is 2. The second-order valence-corrected chi connectivity index (χ2v) is 5.76. The molecular formula is C16H15N3O3. The molecular weight excluding hydrogens is 282 g/mol.